The Kier molecular flexibility index (Phi) is 3.83. The summed E-state index contributed by atoms with van der Waals surface area (Å²) in [6.45, 7) is 0.245. The van der Waals surface area contributed by atoms with Gasteiger partial charge in [0, 0.05) is 16.5 Å². The molecule has 6 nitrogen and oxygen atoms in total. The van der Waals surface area contributed by atoms with Crippen molar-refractivity contribution < 1.29 is 18.4 Å². The highest BCUT2D eigenvalue weighted by molar-refractivity contribution is 7.10. The van der Waals surface area contributed by atoms with Gasteiger partial charge in [0.25, 0.3) is 0 Å². The van der Waals surface area contributed by atoms with E-state index < -0.39 is 0 Å². The van der Waals surface area contributed by atoms with Crippen LogP contribution in [0, 0.1) is 5.82 Å². The number of thiazole rings is 1. The summed E-state index contributed by atoms with van der Waals surface area (Å²) in [7, 11) is 0. The third-order valence-corrected chi connectivity index (χ3v) is 4.94. The van der Waals surface area contributed by atoms with Gasteiger partial charge in [-0.3, -0.25) is 0 Å². The zero-order valence-electron chi connectivity index (χ0n) is 13.9. The van der Waals surface area contributed by atoms with Crippen LogP contribution in [0.1, 0.15) is 10.9 Å². The van der Waals surface area contributed by atoms with Crippen molar-refractivity contribution in [2.24, 2.45) is 0 Å². The van der Waals surface area contributed by atoms with Crippen molar-refractivity contribution in [2.75, 3.05) is 6.79 Å². The van der Waals surface area contributed by atoms with Crippen LogP contribution < -0.4 is 9.47 Å². The SMILES string of the molecule is Fc1ccc(-c2noc(Cc3nc(-c4ccc5c(c4)OCO5)cs3)n2)cc1. The topological polar surface area (TPSA) is 70.3 Å². The molecule has 5 rings (SSSR count). The van der Waals surface area contributed by atoms with Gasteiger partial charge >= 0.3 is 0 Å². The smallest absolute Gasteiger partial charge is 0.233 e. The Labute approximate surface area is 157 Å². The average molecular weight is 381 g/mol. The Balaban J connectivity index is 1.34. The van der Waals surface area contributed by atoms with Gasteiger partial charge in [-0.15, -0.1) is 11.3 Å². The summed E-state index contributed by atoms with van der Waals surface area (Å²) in [5, 5.41) is 6.79. The number of nitrogens with zero attached hydrogens (tertiary/aromatic N) is 3. The quantitative estimate of drug-likeness (QED) is 0.524. The zero-order chi connectivity index (χ0) is 18.2. The van der Waals surface area contributed by atoms with Crippen molar-refractivity contribution >= 4 is 11.3 Å². The average Bonchev–Trinajstić information content (AvgIpc) is 3.42. The Bertz CT molecular complexity index is 1110. The number of halogens is 1. The predicted octanol–water partition coefficient (Wildman–Crippen LogP) is 4.32. The first-order valence-corrected chi connectivity index (χ1v) is 9.05. The normalized spacial score (nSPS) is 12.5. The van der Waals surface area contributed by atoms with Crippen LogP contribution in [0.2, 0.25) is 0 Å². The number of rotatable bonds is 4. The lowest BCUT2D eigenvalue weighted by Gasteiger charge is -1.99. The molecule has 27 heavy (non-hydrogen) atoms. The minimum absolute atomic E-state index is 0.245. The molecule has 2 aromatic heterocycles. The van der Waals surface area contributed by atoms with Crippen molar-refractivity contribution in [3.05, 3.63) is 64.6 Å². The lowest BCUT2D eigenvalue weighted by atomic mass is 10.1. The standard InChI is InChI=1S/C19H12FN3O3S/c20-13-4-1-11(2-5-13)19-22-17(26-23-19)8-18-21-14(9-27-18)12-3-6-15-16(7-12)25-10-24-15/h1-7,9H,8,10H2. The monoisotopic (exact) mass is 381 g/mol. The Morgan fingerprint density at radius 1 is 0.963 bits per heavy atom. The maximum absolute atomic E-state index is 13.0. The molecule has 0 unspecified atom stereocenters. The van der Waals surface area contributed by atoms with Crippen molar-refractivity contribution in [1.29, 1.82) is 0 Å². The maximum atomic E-state index is 13.0. The van der Waals surface area contributed by atoms with Gasteiger partial charge in [0.2, 0.25) is 18.5 Å². The summed E-state index contributed by atoms with van der Waals surface area (Å²) in [4.78, 5) is 9.00. The molecule has 0 fully saturated rings. The van der Waals surface area contributed by atoms with Crippen LogP contribution in [0.5, 0.6) is 11.5 Å². The molecule has 0 radical (unpaired) electrons. The molecular formula is C19H12FN3O3S. The first-order chi connectivity index (χ1) is 13.2. The van der Waals surface area contributed by atoms with Gasteiger partial charge in [-0.2, -0.15) is 4.98 Å². The van der Waals surface area contributed by atoms with Crippen LogP contribution in [0.3, 0.4) is 0 Å². The highest BCUT2D eigenvalue weighted by Gasteiger charge is 2.16. The van der Waals surface area contributed by atoms with Gasteiger partial charge in [-0.1, -0.05) is 5.16 Å². The third kappa shape index (κ3) is 3.15. The summed E-state index contributed by atoms with van der Waals surface area (Å²) in [6.07, 6.45) is 0.434. The number of benzene rings is 2. The van der Waals surface area contributed by atoms with Crippen molar-refractivity contribution in [1.82, 2.24) is 15.1 Å². The predicted molar refractivity (Wildman–Crippen MR) is 96.2 cm³/mol. The van der Waals surface area contributed by atoms with E-state index in [2.05, 4.69) is 15.1 Å². The number of fused-ring (bicyclic) bond motifs is 1. The van der Waals surface area contributed by atoms with Gasteiger partial charge in [-0.25, -0.2) is 9.37 Å². The molecule has 1 aliphatic rings. The van der Waals surface area contributed by atoms with E-state index in [9.17, 15) is 4.39 Å². The molecule has 1 aliphatic heterocycles. The fourth-order valence-corrected chi connectivity index (χ4v) is 3.55. The minimum atomic E-state index is -0.304. The molecule has 0 saturated heterocycles. The van der Waals surface area contributed by atoms with Crippen LogP contribution in [-0.4, -0.2) is 21.9 Å². The lowest BCUT2D eigenvalue weighted by molar-refractivity contribution is 0.174. The van der Waals surface area contributed by atoms with Crippen molar-refractivity contribution in [3.63, 3.8) is 0 Å². The van der Waals surface area contributed by atoms with Crippen molar-refractivity contribution in [3.8, 4) is 34.1 Å². The van der Waals surface area contributed by atoms with E-state index in [4.69, 9.17) is 14.0 Å². The largest absolute Gasteiger partial charge is 0.454 e. The fourth-order valence-electron chi connectivity index (χ4n) is 2.75. The van der Waals surface area contributed by atoms with E-state index in [1.165, 1.54) is 23.5 Å². The number of hydrogen-bond donors (Lipinski definition) is 0. The first-order valence-electron chi connectivity index (χ1n) is 8.17. The molecule has 3 heterocycles. The van der Waals surface area contributed by atoms with Crippen LogP contribution in [-0.2, 0) is 6.42 Å². The van der Waals surface area contributed by atoms with E-state index in [1.807, 2.05) is 23.6 Å². The molecule has 0 amide bonds. The van der Waals surface area contributed by atoms with Gasteiger partial charge < -0.3 is 14.0 Å². The van der Waals surface area contributed by atoms with Gasteiger partial charge in [-0.05, 0) is 42.5 Å². The molecule has 4 aromatic rings. The van der Waals surface area contributed by atoms with Crippen molar-refractivity contribution in [2.45, 2.75) is 6.42 Å². The first kappa shape index (κ1) is 16.0. The molecule has 0 saturated carbocycles. The highest BCUT2D eigenvalue weighted by atomic mass is 32.1. The Hall–Kier alpha value is -3.26. The van der Waals surface area contributed by atoms with Gasteiger partial charge in [0.1, 0.15) is 10.8 Å². The Morgan fingerprint density at radius 3 is 2.67 bits per heavy atom. The lowest BCUT2D eigenvalue weighted by Crippen LogP contribution is -1.92. The Morgan fingerprint density at radius 2 is 1.78 bits per heavy atom. The van der Waals surface area contributed by atoms with Gasteiger partial charge in [0.15, 0.2) is 11.5 Å². The maximum Gasteiger partial charge on any atom is 0.233 e. The van der Waals surface area contributed by atoms with Crippen LogP contribution in [0.15, 0.2) is 52.4 Å². The molecule has 0 spiro atoms. The summed E-state index contributed by atoms with van der Waals surface area (Å²) in [6, 6.07) is 11.7. The summed E-state index contributed by atoms with van der Waals surface area (Å²) in [5.41, 5.74) is 2.51. The minimum Gasteiger partial charge on any atom is -0.454 e. The fraction of sp³-hybridized carbons (Fsp3) is 0.105. The van der Waals surface area contributed by atoms with Crippen LogP contribution in [0.4, 0.5) is 4.39 Å². The second-order valence-corrected chi connectivity index (χ2v) is 6.83. The molecule has 2 aromatic carbocycles. The van der Waals surface area contributed by atoms with E-state index in [-0.39, 0.29) is 12.6 Å². The van der Waals surface area contributed by atoms with Crippen LogP contribution in [0.25, 0.3) is 22.6 Å². The summed E-state index contributed by atoms with van der Waals surface area (Å²) < 4.78 is 29.1. The highest BCUT2D eigenvalue weighted by Crippen LogP contribution is 2.36. The third-order valence-electron chi connectivity index (χ3n) is 4.09. The second-order valence-electron chi connectivity index (χ2n) is 5.89. The van der Waals surface area contributed by atoms with E-state index in [0.717, 1.165) is 27.8 Å². The van der Waals surface area contributed by atoms with E-state index in [1.54, 1.807) is 12.1 Å². The number of hydrogen-bond acceptors (Lipinski definition) is 7. The second kappa shape index (κ2) is 6.48. The van der Waals surface area contributed by atoms with E-state index >= 15 is 0 Å². The molecule has 134 valence electrons. The van der Waals surface area contributed by atoms with Crippen LogP contribution >= 0.6 is 11.3 Å². The van der Waals surface area contributed by atoms with Gasteiger partial charge in [0.05, 0.1) is 12.1 Å². The number of aromatic nitrogens is 3. The zero-order valence-corrected chi connectivity index (χ0v) is 14.7. The molecule has 0 atom stereocenters. The molecule has 0 aliphatic carbocycles. The molecular weight excluding hydrogens is 369 g/mol. The summed E-state index contributed by atoms with van der Waals surface area (Å²) in [5.74, 6) is 2.05. The molecule has 8 heteroatoms. The molecule has 0 N–H and O–H groups in total. The van der Waals surface area contributed by atoms with E-state index in [0.29, 0.717) is 23.7 Å². The molecule has 0 bridgehead atoms. The summed E-state index contributed by atoms with van der Waals surface area (Å²) >= 11 is 1.52. The number of ether oxygens (including phenoxy) is 2.